The lowest BCUT2D eigenvalue weighted by Gasteiger charge is -2.39. The highest BCUT2D eigenvalue weighted by molar-refractivity contribution is 7.11. The fraction of sp³-hybridized carbons (Fsp3) is 0.526. The summed E-state index contributed by atoms with van der Waals surface area (Å²) in [7, 11) is 0. The molecular weight excluding hydrogens is 330 g/mol. The van der Waals surface area contributed by atoms with Crippen LogP contribution in [0, 0.1) is 11.3 Å². The number of thiophene rings is 1. The summed E-state index contributed by atoms with van der Waals surface area (Å²) in [5.41, 5.74) is 7.80. The molecule has 0 amide bonds. The Labute approximate surface area is 153 Å². The van der Waals surface area contributed by atoms with E-state index in [0.29, 0.717) is 18.1 Å². The summed E-state index contributed by atoms with van der Waals surface area (Å²) >= 11 is 1.75. The van der Waals surface area contributed by atoms with E-state index in [2.05, 4.69) is 27.4 Å². The van der Waals surface area contributed by atoms with Crippen molar-refractivity contribution in [1.82, 2.24) is 4.90 Å². The van der Waals surface area contributed by atoms with Gasteiger partial charge in [-0.05, 0) is 49.1 Å². The summed E-state index contributed by atoms with van der Waals surface area (Å²) in [6.45, 7) is 4.42. The number of rotatable bonds is 3. The highest BCUT2D eigenvalue weighted by atomic mass is 32.1. The van der Waals surface area contributed by atoms with Crippen molar-refractivity contribution in [2.75, 3.05) is 19.6 Å². The van der Waals surface area contributed by atoms with Crippen LogP contribution in [0.4, 0.5) is 0 Å². The monoisotopic (exact) mass is 357 g/mol. The van der Waals surface area contributed by atoms with Crippen LogP contribution in [-0.4, -0.2) is 48.3 Å². The number of likely N-dealkylation sites (tertiary alicyclic amines) is 1. The second kappa shape index (κ2) is 8.54. The summed E-state index contributed by atoms with van der Waals surface area (Å²) in [5.74, 6) is 1.10. The molecule has 25 heavy (non-hydrogen) atoms. The third-order valence-electron chi connectivity index (χ3n) is 4.65. The van der Waals surface area contributed by atoms with Crippen LogP contribution in [0.25, 0.3) is 5.57 Å². The van der Waals surface area contributed by atoms with Gasteiger partial charge in [0, 0.05) is 49.4 Å². The zero-order valence-electron chi connectivity index (χ0n) is 14.8. The van der Waals surface area contributed by atoms with Crippen molar-refractivity contribution < 1.29 is 0 Å². The highest BCUT2D eigenvalue weighted by Crippen LogP contribution is 2.28. The largest absolute Gasteiger partial charge is 0.352 e. The molecule has 6 heteroatoms. The third kappa shape index (κ3) is 4.64. The molecule has 0 spiro atoms. The second-order valence-corrected chi connectivity index (χ2v) is 7.68. The lowest BCUT2D eigenvalue weighted by Crippen LogP contribution is -2.59. The first-order chi connectivity index (χ1) is 12.2. The number of hydrogen-bond donors (Lipinski definition) is 2. The minimum Gasteiger partial charge on any atom is -0.352 e. The summed E-state index contributed by atoms with van der Waals surface area (Å²) in [6, 6.07) is 4.43. The van der Waals surface area contributed by atoms with E-state index in [0.717, 1.165) is 44.7 Å². The number of aliphatic imine (C=N–C) groups is 2. The Hall–Kier alpha value is -1.79. The molecule has 0 saturated carbocycles. The molecule has 1 aromatic rings. The van der Waals surface area contributed by atoms with Gasteiger partial charge in [0.25, 0.3) is 0 Å². The molecule has 1 aromatic heterocycles. The van der Waals surface area contributed by atoms with Crippen molar-refractivity contribution in [2.45, 2.75) is 38.6 Å². The van der Waals surface area contributed by atoms with E-state index in [1.54, 1.807) is 11.3 Å². The smallest absolute Gasteiger partial charge is 0.149 e. The molecule has 5 nitrogen and oxygen atoms in total. The number of nitrogens with zero attached hydrogens (tertiary/aromatic N) is 3. The zero-order chi connectivity index (χ0) is 17.6. The Morgan fingerprint density at radius 1 is 1.48 bits per heavy atom. The average Bonchev–Trinajstić information content (AvgIpc) is 3.10. The average molecular weight is 358 g/mol. The molecule has 1 fully saturated rings. The van der Waals surface area contributed by atoms with Crippen LogP contribution in [0.5, 0.6) is 0 Å². The van der Waals surface area contributed by atoms with Gasteiger partial charge in [-0.25, -0.2) is 4.99 Å². The molecule has 3 N–H and O–H groups in total. The number of allylic oxidation sites excluding steroid dienone is 1. The molecule has 0 aromatic carbocycles. The molecule has 1 unspecified atom stereocenters. The Morgan fingerprint density at radius 3 is 3.00 bits per heavy atom. The number of hydrogen-bond acceptors (Lipinski definition) is 6. The Kier molecular flexibility index (Phi) is 6.15. The van der Waals surface area contributed by atoms with E-state index in [9.17, 15) is 0 Å². The van der Waals surface area contributed by atoms with Crippen LogP contribution in [0.2, 0.25) is 0 Å². The second-order valence-electron chi connectivity index (χ2n) is 6.73. The van der Waals surface area contributed by atoms with Crippen LogP contribution in [0.1, 0.15) is 37.5 Å². The van der Waals surface area contributed by atoms with Gasteiger partial charge in [-0.15, -0.1) is 11.3 Å². The first-order valence-electron chi connectivity index (χ1n) is 9.06. The van der Waals surface area contributed by atoms with E-state index >= 15 is 0 Å². The minimum atomic E-state index is 0.198. The molecule has 3 heterocycles. The van der Waals surface area contributed by atoms with Crippen molar-refractivity contribution in [2.24, 2.45) is 21.6 Å². The molecule has 0 aliphatic carbocycles. The van der Waals surface area contributed by atoms with Crippen molar-refractivity contribution in [1.29, 1.82) is 5.41 Å². The normalized spacial score (nSPS) is 23.4. The summed E-state index contributed by atoms with van der Waals surface area (Å²) in [4.78, 5) is 12.6. The zero-order valence-corrected chi connectivity index (χ0v) is 15.6. The van der Waals surface area contributed by atoms with Crippen LogP contribution in [0.15, 0.2) is 33.7 Å². The van der Waals surface area contributed by atoms with Gasteiger partial charge in [-0.2, -0.15) is 0 Å². The van der Waals surface area contributed by atoms with Crippen LogP contribution < -0.4 is 5.73 Å². The van der Waals surface area contributed by atoms with Crippen LogP contribution in [-0.2, 0) is 0 Å². The lowest BCUT2D eigenvalue weighted by atomic mass is 9.93. The summed E-state index contributed by atoms with van der Waals surface area (Å²) in [6.07, 6.45) is 7.89. The van der Waals surface area contributed by atoms with Crippen molar-refractivity contribution in [3.63, 3.8) is 0 Å². The van der Waals surface area contributed by atoms with E-state index in [-0.39, 0.29) is 6.04 Å². The maximum atomic E-state index is 8.59. The van der Waals surface area contributed by atoms with E-state index in [1.807, 2.05) is 19.3 Å². The predicted octanol–water partition coefficient (Wildman–Crippen LogP) is 3.43. The van der Waals surface area contributed by atoms with Crippen molar-refractivity contribution >= 4 is 34.7 Å². The molecule has 0 bridgehead atoms. The Morgan fingerprint density at radius 2 is 2.32 bits per heavy atom. The van der Waals surface area contributed by atoms with Gasteiger partial charge in [-0.1, -0.05) is 6.07 Å². The highest BCUT2D eigenvalue weighted by Gasteiger charge is 2.29. The van der Waals surface area contributed by atoms with Gasteiger partial charge in [0.2, 0.25) is 0 Å². The third-order valence-corrected chi connectivity index (χ3v) is 5.59. The minimum absolute atomic E-state index is 0.198. The number of amidine groups is 1. The lowest BCUT2D eigenvalue weighted by molar-refractivity contribution is 0.257. The SMILES string of the molecule is CCN=CC1CCCC(c2cccs2)=CN=C(N2CC(N)C2)C(=N)C1. The van der Waals surface area contributed by atoms with E-state index < -0.39 is 0 Å². The molecule has 1 atom stereocenters. The molecule has 0 radical (unpaired) electrons. The van der Waals surface area contributed by atoms with Gasteiger partial charge in [0.1, 0.15) is 5.84 Å². The molecule has 1 saturated heterocycles. The van der Waals surface area contributed by atoms with Gasteiger partial charge >= 0.3 is 0 Å². The van der Waals surface area contributed by atoms with E-state index in [4.69, 9.17) is 16.1 Å². The number of nitrogens with one attached hydrogen (secondary N) is 1. The van der Waals surface area contributed by atoms with Gasteiger partial charge in [0.05, 0.1) is 5.71 Å². The summed E-state index contributed by atoms with van der Waals surface area (Å²) < 4.78 is 0. The molecule has 3 rings (SSSR count). The van der Waals surface area contributed by atoms with Crippen molar-refractivity contribution in [3.05, 3.63) is 28.6 Å². The van der Waals surface area contributed by atoms with Gasteiger partial charge in [0.15, 0.2) is 0 Å². The molecule has 2 aliphatic rings. The Bertz CT molecular complexity index is 668. The van der Waals surface area contributed by atoms with Crippen LogP contribution in [0.3, 0.4) is 0 Å². The first kappa shape index (κ1) is 18.0. The molecule has 2 aliphatic heterocycles. The Balaban J connectivity index is 1.87. The molecular formula is C19H27N5S. The molecule has 134 valence electrons. The fourth-order valence-corrected chi connectivity index (χ4v) is 4.05. The predicted molar refractivity (Wildman–Crippen MR) is 108 cm³/mol. The van der Waals surface area contributed by atoms with E-state index in [1.165, 1.54) is 10.5 Å². The standard InChI is InChI=1S/C19H27N5S/c1-2-22-10-14-5-3-6-15(18-7-4-8-25-18)11-23-19(17(21)9-14)24-12-16(20)13-24/h4,7-8,10-11,14,16,21H,2-3,5-6,9,12-13,20H2,1H3. The van der Waals surface area contributed by atoms with Crippen molar-refractivity contribution in [3.8, 4) is 0 Å². The quantitative estimate of drug-likeness (QED) is 0.813. The maximum absolute atomic E-state index is 8.59. The maximum Gasteiger partial charge on any atom is 0.149 e. The van der Waals surface area contributed by atoms with Gasteiger partial charge < -0.3 is 16.0 Å². The summed E-state index contributed by atoms with van der Waals surface area (Å²) in [5, 5.41) is 10.7. The first-order valence-corrected chi connectivity index (χ1v) is 9.94. The fourth-order valence-electron chi connectivity index (χ4n) is 3.28. The van der Waals surface area contributed by atoms with Gasteiger partial charge in [-0.3, -0.25) is 4.99 Å². The number of nitrogens with two attached hydrogens (primary N) is 1. The van der Waals surface area contributed by atoms with Crippen LogP contribution >= 0.6 is 11.3 Å². The topological polar surface area (TPSA) is 77.8 Å².